The maximum atomic E-state index is 5.72. The highest BCUT2D eigenvalue weighted by Gasteiger charge is 2.16. The first-order valence-electron chi connectivity index (χ1n) is 5.41. The molecular weight excluding hydrogens is 190 g/mol. The highest BCUT2D eigenvalue weighted by molar-refractivity contribution is 5.55. The second kappa shape index (κ2) is 5.03. The summed E-state index contributed by atoms with van der Waals surface area (Å²) in [6, 6.07) is 7.95. The summed E-state index contributed by atoms with van der Waals surface area (Å²) in [7, 11) is 1.90. The van der Waals surface area contributed by atoms with Crippen molar-refractivity contribution in [2.75, 3.05) is 25.6 Å². The molecule has 0 aromatic heterocycles. The number of rotatable bonds is 4. The van der Waals surface area contributed by atoms with Crippen LogP contribution in [0.2, 0.25) is 0 Å². The molecule has 1 aliphatic rings. The molecule has 1 fully saturated rings. The van der Waals surface area contributed by atoms with Gasteiger partial charge in [-0.25, -0.2) is 0 Å². The molecule has 82 valence electrons. The Kier molecular flexibility index (Phi) is 3.45. The van der Waals surface area contributed by atoms with Crippen molar-refractivity contribution >= 4 is 5.69 Å². The van der Waals surface area contributed by atoms with Gasteiger partial charge in [0.2, 0.25) is 0 Å². The van der Waals surface area contributed by atoms with E-state index < -0.39 is 0 Å². The first-order valence-corrected chi connectivity index (χ1v) is 5.41. The molecule has 1 saturated heterocycles. The third kappa shape index (κ3) is 2.63. The Bertz CT molecular complexity index is 308. The van der Waals surface area contributed by atoms with Gasteiger partial charge in [0.25, 0.3) is 0 Å². The maximum Gasteiger partial charge on any atom is 0.142 e. The van der Waals surface area contributed by atoms with Gasteiger partial charge in [0.1, 0.15) is 12.4 Å². The van der Waals surface area contributed by atoms with Crippen LogP contribution in [0.1, 0.15) is 12.8 Å². The third-order valence-electron chi connectivity index (χ3n) is 2.61. The Morgan fingerprint density at radius 1 is 1.47 bits per heavy atom. The van der Waals surface area contributed by atoms with Crippen LogP contribution in [0.15, 0.2) is 24.3 Å². The van der Waals surface area contributed by atoms with Crippen LogP contribution in [-0.2, 0) is 4.74 Å². The summed E-state index contributed by atoms with van der Waals surface area (Å²) in [6.07, 6.45) is 2.54. The van der Waals surface area contributed by atoms with Gasteiger partial charge in [-0.2, -0.15) is 0 Å². The lowest BCUT2D eigenvalue weighted by Gasteiger charge is -2.14. The standard InChI is InChI=1S/C12H17NO2/c1-13-11-6-2-3-7-12(11)15-9-10-5-4-8-14-10/h2-3,6-7,10,13H,4-5,8-9H2,1H3. The highest BCUT2D eigenvalue weighted by atomic mass is 16.5. The SMILES string of the molecule is CNc1ccccc1OCC1CCCO1. The Balaban J connectivity index is 1.91. The number of hydrogen-bond acceptors (Lipinski definition) is 3. The zero-order valence-electron chi connectivity index (χ0n) is 9.03. The third-order valence-corrected chi connectivity index (χ3v) is 2.61. The van der Waals surface area contributed by atoms with Crippen LogP contribution in [0.25, 0.3) is 0 Å². The van der Waals surface area contributed by atoms with E-state index in [4.69, 9.17) is 9.47 Å². The van der Waals surface area contributed by atoms with Crippen LogP contribution in [-0.4, -0.2) is 26.4 Å². The molecule has 1 aliphatic heterocycles. The summed E-state index contributed by atoms with van der Waals surface area (Å²) in [5.74, 6) is 0.899. The Morgan fingerprint density at radius 2 is 2.33 bits per heavy atom. The molecule has 2 rings (SSSR count). The number of para-hydroxylation sites is 2. The minimum Gasteiger partial charge on any atom is -0.489 e. The van der Waals surface area contributed by atoms with Crippen LogP contribution in [0.3, 0.4) is 0 Å². The summed E-state index contributed by atoms with van der Waals surface area (Å²) in [5.41, 5.74) is 1.02. The van der Waals surface area contributed by atoms with Gasteiger partial charge < -0.3 is 14.8 Å². The van der Waals surface area contributed by atoms with Crippen molar-refractivity contribution in [2.24, 2.45) is 0 Å². The van der Waals surface area contributed by atoms with Crippen molar-refractivity contribution in [3.8, 4) is 5.75 Å². The van der Waals surface area contributed by atoms with Gasteiger partial charge in [0, 0.05) is 13.7 Å². The first kappa shape index (κ1) is 10.3. The van der Waals surface area contributed by atoms with Crippen molar-refractivity contribution in [3.05, 3.63) is 24.3 Å². The predicted molar refractivity (Wildman–Crippen MR) is 60.5 cm³/mol. The van der Waals surface area contributed by atoms with E-state index in [1.165, 1.54) is 0 Å². The number of ether oxygens (including phenoxy) is 2. The van der Waals surface area contributed by atoms with Crippen LogP contribution in [0.4, 0.5) is 5.69 Å². The molecule has 1 aromatic rings. The second-order valence-electron chi connectivity index (χ2n) is 3.69. The fourth-order valence-corrected chi connectivity index (χ4v) is 1.76. The molecule has 3 nitrogen and oxygen atoms in total. The van der Waals surface area contributed by atoms with Gasteiger partial charge >= 0.3 is 0 Å². The van der Waals surface area contributed by atoms with Crippen molar-refractivity contribution in [1.29, 1.82) is 0 Å². The number of anilines is 1. The summed E-state index contributed by atoms with van der Waals surface area (Å²) in [6.45, 7) is 1.53. The molecule has 0 bridgehead atoms. The van der Waals surface area contributed by atoms with Gasteiger partial charge in [-0.05, 0) is 25.0 Å². The summed E-state index contributed by atoms with van der Waals surface area (Å²) in [4.78, 5) is 0. The fraction of sp³-hybridized carbons (Fsp3) is 0.500. The fourth-order valence-electron chi connectivity index (χ4n) is 1.76. The summed E-state index contributed by atoms with van der Waals surface area (Å²) in [5, 5.41) is 3.11. The molecule has 0 spiro atoms. The average molecular weight is 207 g/mol. The highest BCUT2D eigenvalue weighted by Crippen LogP contribution is 2.24. The van der Waals surface area contributed by atoms with Crippen LogP contribution >= 0.6 is 0 Å². The Morgan fingerprint density at radius 3 is 3.07 bits per heavy atom. The lowest BCUT2D eigenvalue weighted by Crippen LogP contribution is -2.16. The van der Waals surface area contributed by atoms with E-state index in [1.54, 1.807) is 0 Å². The molecule has 1 aromatic carbocycles. The van der Waals surface area contributed by atoms with Crippen molar-refractivity contribution in [3.63, 3.8) is 0 Å². The van der Waals surface area contributed by atoms with Crippen molar-refractivity contribution < 1.29 is 9.47 Å². The van der Waals surface area contributed by atoms with E-state index in [0.717, 1.165) is 30.9 Å². The summed E-state index contributed by atoms with van der Waals surface area (Å²) < 4.78 is 11.2. The molecule has 1 atom stereocenters. The van der Waals surface area contributed by atoms with E-state index in [0.29, 0.717) is 6.61 Å². The maximum absolute atomic E-state index is 5.72. The van der Waals surface area contributed by atoms with Gasteiger partial charge in [-0.3, -0.25) is 0 Å². The van der Waals surface area contributed by atoms with Gasteiger partial charge in [0.05, 0.1) is 11.8 Å². The van der Waals surface area contributed by atoms with Crippen molar-refractivity contribution in [1.82, 2.24) is 0 Å². The lowest BCUT2D eigenvalue weighted by molar-refractivity contribution is 0.0682. The molecule has 0 aliphatic carbocycles. The molecule has 0 saturated carbocycles. The van der Waals surface area contributed by atoms with Gasteiger partial charge in [0.15, 0.2) is 0 Å². The molecule has 3 heteroatoms. The topological polar surface area (TPSA) is 30.5 Å². The zero-order chi connectivity index (χ0) is 10.5. The average Bonchev–Trinajstić information content (AvgIpc) is 2.79. The van der Waals surface area contributed by atoms with E-state index in [1.807, 2.05) is 31.3 Å². The van der Waals surface area contributed by atoms with E-state index in [-0.39, 0.29) is 6.10 Å². The normalized spacial score (nSPS) is 20.2. The van der Waals surface area contributed by atoms with E-state index in [2.05, 4.69) is 5.32 Å². The van der Waals surface area contributed by atoms with Crippen LogP contribution in [0, 0.1) is 0 Å². The van der Waals surface area contributed by atoms with Gasteiger partial charge in [-0.15, -0.1) is 0 Å². The minimum absolute atomic E-state index is 0.273. The Labute approximate surface area is 90.4 Å². The molecule has 0 radical (unpaired) electrons. The van der Waals surface area contributed by atoms with Crippen molar-refractivity contribution in [2.45, 2.75) is 18.9 Å². The molecule has 1 heterocycles. The largest absolute Gasteiger partial charge is 0.489 e. The van der Waals surface area contributed by atoms with E-state index in [9.17, 15) is 0 Å². The number of nitrogens with one attached hydrogen (secondary N) is 1. The second-order valence-corrected chi connectivity index (χ2v) is 3.69. The predicted octanol–water partition coefficient (Wildman–Crippen LogP) is 2.29. The number of hydrogen-bond donors (Lipinski definition) is 1. The van der Waals surface area contributed by atoms with E-state index >= 15 is 0 Å². The molecular formula is C12H17NO2. The molecule has 0 amide bonds. The molecule has 15 heavy (non-hydrogen) atoms. The number of benzene rings is 1. The van der Waals surface area contributed by atoms with Gasteiger partial charge in [-0.1, -0.05) is 12.1 Å². The minimum atomic E-state index is 0.273. The zero-order valence-corrected chi connectivity index (χ0v) is 9.03. The molecule has 1 N–H and O–H groups in total. The van der Waals surface area contributed by atoms with Crippen LogP contribution in [0.5, 0.6) is 5.75 Å². The Hall–Kier alpha value is -1.22. The first-order chi connectivity index (χ1) is 7.40. The quantitative estimate of drug-likeness (QED) is 0.821. The molecule has 1 unspecified atom stereocenters. The summed E-state index contributed by atoms with van der Waals surface area (Å²) >= 11 is 0. The smallest absolute Gasteiger partial charge is 0.142 e. The monoisotopic (exact) mass is 207 g/mol. The van der Waals surface area contributed by atoms with Crippen LogP contribution < -0.4 is 10.1 Å². The lowest BCUT2D eigenvalue weighted by atomic mass is 10.2.